The highest BCUT2D eigenvalue weighted by Crippen LogP contribution is 2.31. The molecule has 7 nitrogen and oxygen atoms in total. The summed E-state index contributed by atoms with van der Waals surface area (Å²) in [6, 6.07) is 15.7. The molecule has 26 heavy (non-hydrogen) atoms. The first-order chi connectivity index (χ1) is 12.5. The van der Waals surface area contributed by atoms with Gasteiger partial charge in [0.05, 0.1) is 10.6 Å². The fourth-order valence-corrected chi connectivity index (χ4v) is 4.22. The summed E-state index contributed by atoms with van der Waals surface area (Å²) in [7, 11) is 0.0705. The topological polar surface area (TPSA) is 88.3 Å². The summed E-state index contributed by atoms with van der Waals surface area (Å²) in [4.78, 5) is 2.18. The summed E-state index contributed by atoms with van der Waals surface area (Å²) in [6.45, 7) is 0. The summed E-state index contributed by atoms with van der Waals surface area (Å²) < 4.78 is 33.5. The van der Waals surface area contributed by atoms with Crippen LogP contribution in [0.1, 0.15) is 0 Å². The van der Waals surface area contributed by atoms with Crippen LogP contribution in [0.15, 0.2) is 64.0 Å². The predicted octanol–water partition coefficient (Wildman–Crippen LogP) is 3.24. The van der Waals surface area contributed by atoms with Crippen molar-refractivity contribution in [3.05, 3.63) is 54.6 Å². The Morgan fingerprint density at radius 2 is 1.77 bits per heavy atom. The minimum Gasteiger partial charge on any atom is -0.377 e. The monoisotopic (exact) mass is 368 g/mol. The Hall–Kier alpha value is -3.13. The van der Waals surface area contributed by atoms with Crippen LogP contribution in [0.5, 0.6) is 0 Å². The lowest BCUT2D eigenvalue weighted by Gasteiger charge is -2.17. The molecule has 8 heteroatoms. The summed E-state index contributed by atoms with van der Waals surface area (Å²) in [5.74, 6) is 0. The molecule has 0 saturated carbocycles. The van der Waals surface area contributed by atoms with Crippen molar-refractivity contribution in [2.24, 2.45) is 0 Å². The molecule has 0 atom stereocenters. The van der Waals surface area contributed by atoms with E-state index in [0.29, 0.717) is 22.2 Å². The lowest BCUT2D eigenvalue weighted by Crippen LogP contribution is -2.14. The van der Waals surface area contributed by atoms with Crippen LogP contribution in [0.4, 0.5) is 11.4 Å². The van der Waals surface area contributed by atoms with E-state index in [4.69, 9.17) is 4.52 Å². The number of anilines is 2. The van der Waals surface area contributed by atoms with E-state index in [-0.39, 0.29) is 4.90 Å². The van der Waals surface area contributed by atoms with Crippen molar-refractivity contribution in [1.29, 1.82) is 0 Å². The molecule has 1 N–H and O–H groups in total. The lowest BCUT2D eigenvalue weighted by atomic mass is 10.1. The van der Waals surface area contributed by atoms with Crippen LogP contribution < -0.4 is 9.62 Å². The molecule has 0 aliphatic heterocycles. The Morgan fingerprint density at radius 1 is 1.00 bits per heavy atom. The summed E-state index contributed by atoms with van der Waals surface area (Å²) >= 11 is 0. The van der Waals surface area contributed by atoms with Crippen molar-refractivity contribution >= 4 is 43.3 Å². The third-order valence-corrected chi connectivity index (χ3v) is 5.57. The minimum absolute atomic E-state index is 0.220. The Bertz CT molecular complexity index is 1220. The van der Waals surface area contributed by atoms with Gasteiger partial charge in [-0.25, -0.2) is 8.42 Å². The van der Waals surface area contributed by atoms with Gasteiger partial charge in [0.15, 0.2) is 5.58 Å². The van der Waals surface area contributed by atoms with Gasteiger partial charge >= 0.3 is 0 Å². The van der Waals surface area contributed by atoms with E-state index in [2.05, 4.69) is 15.1 Å². The van der Waals surface area contributed by atoms with Gasteiger partial charge in [-0.3, -0.25) is 4.72 Å². The van der Waals surface area contributed by atoms with E-state index in [1.807, 2.05) is 43.3 Å². The van der Waals surface area contributed by atoms with E-state index in [1.54, 1.807) is 30.3 Å². The standard InChI is InChI=1S/C18H16N4O3S/c1-22(2)16-7-3-6-14-13(16)5-4-8-18(14)26(23,24)20-12-9-10-17-15(11-12)19-21-25-17/h3-11,20H,1-2H3. The maximum Gasteiger partial charge on any atom is 0.262 e. The Balaban J connectivity index is 1.81. The second-order valence-electron chi connectivity index (χ2n) is 6.08. The van der Waals surface area contributed by atoms with Crippen LogP contribution in [0.25, 0.3) is 21.9 Å². The van der Waals surface area contributed by atoms with Crippen LogP contribution in [0.2, 0.25) is 0 Å². The fraction of sp³-hybridized carbons (Fsp3) is 0.111. The molecule has 4 aromatic rings. The Kier molecular flexibility index (Phi) is 3.77. The molecule has 0 fully saturated rings. The quantitative estimate of drug-likeness (QED) is 0.595. The summed E-state index contributed by atoms with van der Waals surface area (Å²) in [5, 5.41) is 8.80. The lowest BCUT2D eigenvalue weighted by molar-refractivity contribution is 0.424. The van der Waals surface area contributed by atoms with Gasteiger partial charge in [0, 0.05) is 35.8 Å². The molecule has 0 unspecified atom stereocenters. The molecular formula is C18H16N4O3S. The van der Waals surface area contributed by atoms with Gasteiger partial charge in [-0.2, -0.15) is 0 Å². The number of hydrogen-bond acceptors (Lipinski definition) is 6. The van der Waals surface area contributed by atoms with E-state index in [1.165, 1.54) is 0 Å². The van der Waals surface area contributed by atoms with Gasteiger partial charge in [0.2, 0.25) is 0 Å². The van der Waals surface area contributed by atoms with Crippen LogP contribution >= 0.6 is 0 Å². The average molecular weight is 368 g/mol. The largest absolute Gasteiger partial charge is 0.377 e. The molecular weight excluding hydrogens is 352 g/mol. The zero-order valence-electron chi connectivity index (χ0n) is 14.2. The smallest absolute Gasteiger partial charge is 0.262 e. The number of fused-ring (bicyclic) bond motifs is 2. The van der Waals surface area contributed by atoms with Crippen LogP contribution in [-0.4, -0.2) is 32.9 Å². The predicted molar refractivity (Wildman–Crippen MR) is 101 cm³/mol. The zero-order valence-corrected chi connectivity index (χ0v) is 15.0. The second kappa shape index (κ2) is 5.99. The number of benzene rings is 3. The molecule has 0 saturated heterocycles. The van der Waals surface area contributed by atoms with Gasteiger partial charge in [0.25, 0.3) is 10.0 Å². The third-order valence-electron chi connectivity index (χ3n) is 4.13. The highest BCUT2D eigenvalue weighted by atomic mass is 32.2. The van der Waals surface area contributed by atoms with Crippen LogP contribution in [0.3, 0.4) is 0 Å². The van der Waals surface area contributed by atoms with Crippen molar-refractivity contribution in [2.45, 2.75) is 4.90 Å². The van der Waals surface area contributed by atoms with E-state index < -0.39 is 10.0 Å². The molecule has 1 heterocycles. The first-order valence-corrected chi connectivity index (χ1v) is 9.38. The van der Waals surface area contributed by atoms with Crippen LogP contribution in [0, 0.1) is 0 Å². The van der Waals surface area contributed by atoms with Gasteiger partial charge in [0.1, 0.15) is 5.52 Å². The van der Waals surface area contributed by atoms with Crippen LogP contribution in [-0.2, 0) is 10.0 Å². The minimum atomic E-state index is -3.78. The van der Waals surface area contributed by atoms with Crippen molar-refractivity contribution in [3.8, 4) is 0 Å². The molecule has 0 aliphatic rings. The summed E-state index contributed by atoms with van der Waals surface area (Å²) in [6.07, 6.45) is 0. The fourth-order valence-electron chi connectivity index (χ4n) is 2.94. The number of nitrogens with zero attached hydrogens (tertiary/aromatic N) is 3. The number of sulfonamides is 1. The third kappa shape index (κ3) is 2.74. The Morgan fingerprint density at radius 3 is 2.58 bits per heavy atom. The highest BCUT2D eigenvalue weighted by molar-refractivity contribution is 7.93. The van der Waals surface area contributed by atoms with Crippen molar-refractivity contribution in [2.75, 3.05) is 23.7 Å². The average Bonchev–Trinajstić information content (AvgIpc) is 3.08. The Labute approximate surface area is 150 Å². The molecule has 0 radical (unpaired) electrons. The van der Waals surface area contributed by atoms with Gasteiger partial charge in [-0.05, 0) is 30.3 Å². The molecule has 0 spiro atoms. The zero-order chi connectivity index (χ0) is 18.3. The van der Waals surface area contributed by atoms with Crippen molar-refractivity contribution < 1.29 is 12.9 Å². The molecule has 132 valence electrons. The molecule has 0 amide bonds. The SMILES string of the molecule is CN(C)c1cccc2c(S(=O)(=O)Nc3ccc4onnc4c3)cccc12. The number of rotatable bonds is 4. The molecule has 4 rings (SSSR count). The van der Waals surface area contributed by atoms with E-state index >= 15 is 0 Å². The van der Waals surface area contributed by atoms with E-state index in [9.17, 15) is 8.42 Å². The molecule has 0 aliphatic carbocycles. The maximum atomic E-state index is 13.0. The number of hydrogen-bond donors (Lipinski definition) is 1. The van der Waals surface area contributed by atoms with Crippen molar-refractivity contribution in [1.82, 2.24) is 10.4 Å². The second-order valence-corrected chi connectivity index (χ2v) is 7.73. The molecule has 1 aromatic heterocycles. The highest BCUT2D eigenvalue weighted by Gasteiger charge is 2.19. The number of nitrogens with one attached hydrogen (secondary N) is 1. The molecule has 0 bridgehead atoms. The number of aromatic nitrogens is 2. The van der Waals surface area contributed by atoms with Gasteiger partial charge in [-0.1, -0.05) is 24.3 Å². The van der Waals surface area contributed by atoms with Gasteiger partial charge in [-0.15, -0.1) is 5.10 Å². The molecule has 3 aromatic carbocycles. The summed E-state index contributed by atoms with van der Waals surface area (Å²) in [5.41, 5.74) is 2.33. The van der Waals surface area contributed by atoms with Gasteiger partial charge < -0.3 is 9.42 Å². The first kappa shape index (κ1) is 16.3. The van der Waals surface area contributed by atoms with Crippen molar-refractivity contribution in [3.63, 3.8) is 0 Å². The maximum absolute atomic E-state index is 13.0. The van der Waals surface area contributed by atoms with E-state index in [0.717, 1.165) is 11.1 Å². The normalized spacial score (nSPS) is 11.8. The first-order valence-electron chi connectivity index (χ1n) is 7.90.